The van der Waals surface area contributed by atoms with Crippen molar-refractivity contribution >= 4 is 17.3 Å². The predicted octanol–water partition coefficient (Wildman–Crippen LogP) is 2.43. The first-order valence-electron chi connectivity index (χ1n) is 7.77. The Labute approximate surface area is 137 Å². The van der Waals surface area contributed by atoms with Gasteiger partial charge in [0.05, 0.1) is 11.6 Å². The summed E-state index contributed by atoms with van der Waals surface area (Å²) in [7, 11) is 0. The van der Waals surface area contributed by atoms with E-state index in [1.54, 1.807) is 12.4 Å². The van der Waals surface area contributed by atoms with Crippen molar-refractivity contribution in [3.63, 3.8) is 0 Å². The quantitative estimate of drug-likeness (QED) is 0.867. The number of anilines is 3. The molecular weight excluding hydrogens is 319 g/mol. The summed E-state index contributed by atoms with van der Waals surface area (Å²) in [6, 6.07) is 5.42. The van der Waals surface area contributed by atoms with E-state index in [-0.39, 0.29) is 6.04 Å². The molecule has 1 atom stereocenters. The number of fused-ring (bicyclic) bond motifs is 3. The highest BCUT2D eigenvalue weighted by molar-refractivity contribution is 5.74. The molecular formula is C16H16F3N5. The maximum Gasteiger partial charge on any atom is 0.416 e. The standard InChI is InChI=1S/C16H16F3N5/c17-16(18,19)11-1-3-12(4-2-11)24-10-13-9-20-7-8-23(13)14-15(24)22-6-5-21-14/h1-6,13,20H,7-10H2. The van der Waals surface area contributed by atoms with Crippen LogP contribution in [0.1, 0.15) is 5.56 Å². The molecule has 1 N–H and O–H groups in total. The molecule has 0 spiro atoms. The largest absolute Gasteiger partial charge is 0.416 e. The summed E-state index contributed by atoms with van der Waals surface area (Å²) in [5, 5.41) is 3.35. The van der Waals surface area contributed by atoms with Crippen molar-refractivity contribution in [2.75, 3.05) is 36.0 Å². The molecule has 3 heterocycles. The lowest BCUT2D eigenvalue weighted by Gasteiger charge is -2.45. The number of rotatable bonds is 1. The lowest BCUT2D eigenvalue weighted by molar-refractivity contribution is -0.137. The molecule has 4 rings (SSSR count). The third-order valence-corrected chi connectivity index (χ3v) is 4.44. The minimum Gasteiger partial charge on any atom is -0.346 e. The molecule has 1 saturated heterocycles. The number of nitrogens with one attached hydrogen (secondary N) is 1. The highest BCUT2D eigenvalue weighted by Gasteiger charge is 2.35. The highest BCUT2D eigenvalue weighted by Crippen LogP contribution is 2.38. The average Bonchev–Trinajstić information content (AvgIpc) is 2.60. The first-order chi connectivity index (χ1) is 11.5. The van der Waals surface area contributed by atoms with Gasteiger partial charge in [0.25, 0.3) is 0 Å². The molecule has 2 aliphatic rings. The van der Waals surface area contributed by atoms with Crippen molar-refractivity contribution in [3.8, 4) is 0 Å². The fourth-order valence-corrected chi connectivity index (χ4v) is 3.27. The summed E-state index contributed by atoms with van der Waals surface area (Å²) in [6.45, 7) is 3.20. The minimum absolute atomic E-state index is 0.213. The molecule has 24 heavy (non-hydrogen) atoms. The first kappa shape index (κ1) is 15.2. The van der Waals surface area contributed by atoms with Crippen molar-refractivity contribution in [1.29, 1.82) is 0 Å². The first-order valence-corrected chi connectivity index (χ1v) is 7.77. The molecule has 0 aliphatic carbocycles. The van der Waals surface area contributed by atoms with Gasteiger partial charge in [-0.1, -0.05) is 0 Å². The van der Waals surface area contributed by atoms with Gasteiger partial charge in [-0.3, -0.25) is 0 Å². The van der Waals surface area contributed by atoms with E-state index in [1.165, 1.54) is 12.1 Å². The smallest absolute Gasteiger partial charge is 0.346 e. The van der Waals surface area contributed by atoms with Crippen molar-refractivity contribution in [1.82, 2.24) is 15.3 Å². The van der Waals surface area contributed by atoms with E-state index < -0.39 is 11.7 Å². The van der Waals surface area contributed by atoms with Crippen LogP contribution in [0.25, 0.3) is 0 Å². The molecule has 1 aromatic carbocycles. The molecule has 1 unspecified atom stereocenters. The van der Waals surface area contributed by atoms with E-state index in [0.29, 0.717) is 18.1 Å². The molecule has 5 nitrogen and oxygen atoms in total. The lowest BCUT2D eigenvalue weighted by atomic mass is 10.1. The van der Waals surface area contributed by atoms with Crippen molar-refractivity contribution in [2.24, 2.45) is 0 Å². The summed E-state index contributed by atoms with van der Waals surface area (Å²) >= 11 is 0. The van der Waals surface area contributed by atoms with Gasteiger partial charge in [0.1, 0.15) is 0 Å². The summed E-state index contributed by atoms with van der Waals surface area (Å²) in [5.41, 5.74) is 0.0403. The van der Waals surface area contributed by atoms with E-state index in [0.717, 1.165) is 37.6 Å². The van der Waals surface area contributed by atoms with Crippen LogP contribution >= 0.6 is 0 Å². The zero-order valence-electron chi connectivity index (χ0n) is 12.8. The van der Waals surface area contributed by atoms with Gasteiger partial charge in [-0.15, -0.1) is 0 Å². The van der Waals surface area contributed by atoms with Crippen molar-refractivity contribution in [2.45, 2.75) is 12.2 Å². The number of hydrogen-bond donors (Lipinski definition) is 1. The van der Waals surface area contributed by atoms with E-state index >= 15 is 0 Å². The van der Waals surface area contributed by atoms with E-state index in [2.05, 4.69) is 20.2 Å². The van der Waals surface area contributed by atoms with Gasteiger partial charge in [0.2, 0.25) is 0 Å². The van der Waals surface area contributed by atoms with Crippen molar-refractivity contribution in [3.05, 3.63) is 42.2 Å². The molecule has 1 fully saturated rings. The molecule has 1 aromatic heterocycles. The van der Waals surface area contributed by atoms with Gasteiger partial charge in [0.15, 0.2) is 11.6 Å². The van der Waals surface area contributed by atoms with E-state index in [4.69, 9.17) is 0 Å². The Morgan fingerprint density at radius 2 is 1.75 bits per heavy atom. The monoisotopic (exact) mass is 335 g/mol. The molecule has 0 saturated carbocycles. The zero-order valence-corrected chi connectivity index (χ0v) is 12.8. The van der Waals surface area contributed by atoms with Gasteiger partial charge < -0.3 is 15.1 Å². The number of halogens is 3. The number of alkyl halides is 3. The summed E-state index contributed by atoms with van der Waals surface area (Å²) in [6.07, 6.45) is -1.07. The second-order valence-corrected chi connectivity index (χ2v) is 5.91. The van der Waals surface area contributed by atoms with Crippen LogP contribution in [0.5, 0.6) is 0 Å². The van der Waals surface area contributed by atoms with Gasteiger partial charge >= 0.3 is 6.18 Å². The molecule has 126 valence electrons. The number of hydrogen-bond acceptors (Lipinski definition) is 5. The molecule has 0 amide bonds. The summed E-state index contributed by atoms with van der Waals surface area (Å²) < 4.78 is 38.3. The SMILES string of the molecule is FC(F)(F)c1ccc(N2CC3CNCCN3c3nccnc32)cc1. The summed E-state index contributed by atoms with van der Waals surface area (Å²) in [5.74, 6) is 1.48. The van der Waals surface area contributed by atoms with Crippen LogP contribution in [0.4, 0.5) is 30.5 Å². The Kier molecular flexibility index (Phi) is 3.56. The van der Waals surface area contributed by atoms with Gasteiger partial charge in [0, 0.05) is 44.3 Å². The molecule has 0 bridgehead atoms. The molecule has 2 aromatic rings. The highest BCUT2D eigenvalue weighted by atomic mass is 19.4. The third-order valence-electron chi connectivity index (χ3n) is 4.44. The number of aromatic nitrogens is 2. The van der Waals surface area contributed by atoms with Gasteiger partial charge in [-0.2, -0.15) is 13.2 Å². The Morgan fingerprint density at radius 1 is 1.04 bits per heavy atom. The fraction of sp³-hybridized carbons (Fsp3) is 0.375. The second-order valence-electron chi connectivity index (χ2n) is 5.91. The molecule has 0 radical (unpaired) electrons. The Balaban J connectivity index is 1.72. The lowest BCUT2D eigenvalue weighted by Crippen LogP contribution is -2.58. The Bertz CT molecular complexity index is 731. The van der Waals surface area contributed by atoms with Crippen LogP contribution in [0.15, 0.2) is 36.7 Å². The number of nitrogens with zero attached hydrogens (tertiary/aromatic N) is 4. The average molecular weight is 335 g/mol. The zero-order chi connectivity index (χ0) is 16.7. The normalized spacial score (nSPS) is 20.5. The second kappa shape index (κ2) is 5.62. The van der Waals surface area contributed by atoms with Crippen LogP contribution in [0.2, 0.25) is 0 Å². The van der Waals surface area contributed by atoms with Crippen LogP contribution in [0, 0.1) is 0 Å². The molecule has 8 heteroatoms. The maximum absolute atomic E-state index is 12.8. The Hall–Kier alpha value is -2.35. The predicted molar refractivity (Wildman–Crippen MR) is 84.5 cm³/mol. The molecule has 2 aliphatic heterocycles. The van der Waals surface area contributed by atoms with Crippen LogP contribution < -0.4 is 15.1 Å². The Morgan fingerprint density at radius 3 is 2.46 bits per heavy atom. The summed E-state index contributed by atoms with van der Waals surface area (Å²) in [4.78, 5) is 13.0. The van der Waals surface area contributed by atoms with E-state index in [9.17, 15) is 13.2 Å². The topological polar surface area (TPSA) is 44.3 Å². The van der Waals surface area contributed by atoms with Crippen molar-refractivity contribution < 1.29 is 13.2 Å². The van der Waals surface area contributed by atoms with E-state index in [1.807, 2.05) is 4.90 Å². The van der Waals surface area contributed by atoms with Crippen LogP contribution in [-0.2, 0) is 6.18 Å². The fourth-order valence-electron chi connectivity index (χ4n) is 3.27. The minimum atomic E-state index is -4.33. The maximum atomic E-state index is 12.8. The van der Waals surface area contributed by atoms with Crippen LogP contribution in [-0.4, -0.2) is 42.2 Å². The number of benzene rings is 1. The van der Waals surface area contributed by atoms with Crippen LogP contribution in [0.3, 0.4) is 0 Å². The third kappa shape index (κ3) is 2.56. The van der Waals surface area contributed by atoms with Gasteiger partial charge in [-0.25, -0.2) is 9.97 Å². The van der Waals surface area contributed by atoms with Gasteiger partial charge in [-0.05, 0) is 24.3 Å². The number of piperazine rings is 1.